The molecule has 2 aromatic rings. The number of benzene rings is 1. The van der Waals surface area contributed by atoms with Gasteiger partial charge >= 0.3 is 0 Å². The van der Waals surface area contributed by atoms with Crippen molar-refractivity contribution in [2.75, 3.05) is 37.6 Å². The van der Waals surface area contributed by atoms with Gasteiger partial charge in [-0.25, -0.2) is 9.97 Å². The molecule has 1 aromatic heterocycles. The van der Waals surface area contributed by atoms with Crippen LogP contribution in [-0.4, -0.2) is 64.6 Å². The molecule has 1 aliphatic carbocycles. The maximum absolute atomic E-state index is 13.5. The third-order valence-corrected chi connectivity index (χ3v) is 6.72. The van der Waals surface area contributed by atoms with E-state index in [1.807, 2.05) is 29.2 Å². The van der Waals surface area contributed by atoms with Crippen LogP contribution in [0.4, 0.5) is 5.82 Å². The monoisotopic (exact) mass is 457 g/mol. The van der Waals surface area contributed by atoms with Crippen molar-refractivity contribution in [3.05, 3.63) is 52.4 Å². The summed E-state index contributed by atoms with van der Waals surface area (Å²) in [6, 6.07) is 7.87. The van der Waals surface area contributed by atoms with E-state index in [1.54, 1.807) is 6.33 Å². The molecule has 3 atom stereocenters. The van der Waals surface area contributed by atoms with Gasteiger partial charge in [-0.2, -0.15) is 0 Å². The Labute approximate surface area is 194 Å². The third-order valence-electron chi connectivity index (χ3n) is 6.47. The van der Waals surface area contributed by atoms with Crippen LogP contribution in [-0.2, 0) is 4.79 Å². The molecule has 1 aromatic carbocycles. The second kappa shape index (κ2) is 9.73. The maximum atomic E-state index is 13.5. The Balaban J connectivity index is 1.47. The van der Waals surface area contributed by atoms with E-state index in [4.69, 9.17) is 11.6 Å². The largest absolute Gasteiger partial charge is 0.387 e. The number of fused-ring (bicyclic) bond motifs is 1. The number of piperazine rings is 1. The highest BCUT2D eigenvalue weighted by molar-refractivity contribution is 6.30. The summed E-state index contributed by atoms with van der Waals surface area (Å²) in [6.07, 6.45) is 1.71. The topological polar surface area (TPSA) is 81.6 Å². The van der Waals surface area contributed by atoms with Gasteiger partial charge < -0.3 is 20.2 Å². The summed E-state index contributed by atoms with van der Waals surface area (Å²) in [5.41, 5.74) is 2.79. The highest BCUT2D eigenvalue weighted by atomic mass is 35.5. The van der Waals surface area contributed by atoms with Crippen molar-refractivity contribution < 1.29 is 9.90 Å². The zero-order valence-electron chi connectivity index (χ0n) is 19.0. The standard InChI is InChI=1S/C24H32ClN5O2/c1-15(2)26-13-19(17-4-6-18(25)7-5-17)24(32)30-10-8-29(9-11-30)23-21-16(3)12-20(31)22(21)27-14-28-23/h4-7,14-16,19-20,26,31H,8-13H2,1-3H3/t16?,19-,20?/m1/s1. The smallest absolute Gasteiger partial charge is 0.231 e. The summed E-state index contributed by atoms with van der Waals surface area (Å²) < 4.78 is 0. The minimum atomic E-state index is -0.516. The zero-order chi connectivity index (χ0) is 22.8. The van der Waals surface area contributed by atoms with Crippen LogP contribution >= 0.6 is 11.6 Å². The summed E-state index contributed by atoms with van der Waals surface area (Å²) in [6.45, 7) is 9.57. The van der Waals surface area contributed by atoms with Gasteiger partial charge in [0.05, 0.1) is 17.7 Å². The van der Waals surface area contributed by atoms with Gasteiger partial charge in [0.25, 0.3) is 0 Å². The molecule has 1 aliphatic heterocycles. The molecule has 2 heterocycles. The summed E-state index contributed by atoms with van der Waals surface area (Å²) in [4.78, 5) is 26.5. The Morgan fingerprint density at radius 2 is 1.88 bits per heavy atom. The average molecular weight is 458 g/mol. The molecule has 2 aliphatic rings. The van der Waals surface area contributed by atoms with Gasteiger partial charge in [-0.05, 0) is 30.0 Å². The molecular formula is C24H32ClN5O2. The molecule has 0 spiro atoms. The molecule has 1 amide bonds. The Morgan fingerprint density at radius 3 is 2.53 bits per heavy atom. The molecule has 1 saturated heterocycles. The van der Waals surface area contributed by atoms with Gasteiger partial charge in [0.2, 0.25) is 5.91 Å². The predicted molar refractivity (Wildman–Crippen MR) is 126 cm³/mol. The van der Waals surface area contributed by atoms with Crippen molar-refractivity contribution >= 4 is 23.3 Å². The van der Waals surface area contributed by atoms with Gasteiger partial charge in [0.15, 0.2) is 0 Å². The third kappa shape index (κ3) is 4.75. The lowest BCUT2D eigenvalue weighted by atomic mass is 9.96. The van der Waals surface area contributed by atoms with E-state index in [-0.39, 0.29) is 17.7 Å². The van der Waals surface area contributed by atoms with E-state index < -0.39 is 6.10 Å². The SMILES string of the molecule is CC(C)NC[C@@H](C(=O)N1CCN(c2ncnc3c2C(C)CC3O)CC1)c1ccc(Cl)cc1. The summed E-state index contributed by atoms with van der Waals surface area (Å²) >= 11 is 6.06. The zero-order valence-corrected chi connectivity index (χ0v) is 19.7. The second-order valence-corrected chi connectivity index (χ2v) is 9.56. The molecule has 2 N–H and O–H groups in total. The minimum absolute atomic E-state index is 0.136. The maximum Gasteiger partial charge on any atom is 0.231 e. The quantitative estimate of drug-likeness (QED) is 0.693. The van der Waals surface area contributed by atoms with Gasteiger partial charge in [-0.1, -0.05) is 44.5 Å². The van der Waals surface area contributed by atoms with Gasteiger partial charge in [-0.15, -0.1) is 0 Å². The molecule has 1 fully saturated rings. The lowest BCUT2D eigenvalue weighted by Gasteiger charge is -2.38. The number of aromatic nitrogens is 2. The van der Waals surface area contributed by atoms with Crippen molar-refractivity contribution in [2.24, 2.45) is 0 Å². The molecular weight excluding hydrogens is 426 g/mol. The fourth-order valence-electron chi connectivity index (χ4n) is 4.71. The first kappa shape index (κ1) is 23.0. The van der Waals surface area contributed by atoms with Crippen molar-refractivity contribution in [3.63, 3.8) is 0 Å². The number of nitrogens with zero attached hydrogens (tertiary/aromatic N) is 4. The molecule has 7 nitrogen and oxygen atoms in total. The van der Waals surface area contributed by atoms with Crippen LogP contribution in [0.1, 0.15) is 62.0 Å². The molecule has 0 bridgehead atoms. The van der Waals surface area contributed by atoms with E-state index in [0.29, 0.717) is 50.2 Å². The number of hydrogen-bond donors (Lipinski definition) is 2. The van der Waals surface area contributed by atoms with Crippen molar-refractivity contribution in [2.45, 2.75) is 51.2 Å². The number of carbonyl (C=O) groups excluding carboxylic acids is 1. The van der Waals surface area contributed by atoms with E-state index in [0.717, 1.165) is 22.6 Å². The van der Waals surface area contributed by atoms with Gasteiger partial charge in [0, 0.05) is 49.4 Å². The average Bonchev–Trinajstić information content (AvgIpc) is 3.08. The van der Waals surface area contributed by atoms with Crippen LogP contribution in [0.25, 0.3) is 0 Å². The number of aliphatic hydroxyl groups is 1. The normalized spacial score (nSPS) is 21.7. The van der Waals surface area contributed by atoms with Crippen molar-refractivity contribution in [1.29, 1.82) is 0 Å². The number of aliphatic hydroxyl groups excluding tert-OH is 1. The van der Waals surface area contributed by atoms with Crippen LogP contribution in [0, 0.1) is 0 Å². The minimum Gasteiger partial charge on any atom is -0.387 e. The fourth-order valence-corrected chi connectivity index (χ4v) is 4.84. The predicted octanol–water partition coefficient (Wildman–Crippen LogP) is 3.10. The number of anilines is 1. The summed E-state index contributed by atoms with van der Waals surface area (Å²) in [5, 5.41) is 14.4. The summed E-state index contributed by atoms with van der Waals surface area (Å²) in [7, 11) is 0. The first-order valence-electron chi connectivity index (χ1n) is 11.4. The van der Waals surface area contributed by atoms with Crippen LogP contribution in [0.3, 0.4) is 0 Å². The number of rotatable bonds is 6. The summed E-state index contributed by atoms with van der Waals surface area (Å²) in [5.74, 6) is 1.02. The number of halogens is 1. The van der Waals surface area contributed by atoms with E-state index in [2.05, 4.69) is 41.0 Å². The van der Waals surface area contributed by atoms with Crippen LogP contribution in [0.15, 0.2) is 30.6 Å². The van der Waals surface area contributed by atoms with Crippen LogP contribution in [0.5, 0.6) is 0 Å². The molecule has 4 rings (SSSR count). The van der Waals surface area contributed by atoms with Gasteiger partial charge in [-0.3, -0.25) is 4.79 Å². The van der Waals surface area contributed by atoms with Crippen molar-refractivity contribution in [3.8, 4) is 0 Å². The second-order valence-electron chi connectivity index (χ2n) is 9.13. The number of nitrogens with one attached hydrogen (secondary N) is 1. The number of carbonyl (C=O) groups is 1. The Bertz CT molecular complexity index is 944. The fraction of sp³-hybridized carbons (Fsp3) is 0.542. The Kier molecular flexibility index (Phi) is 6.98. The first-order chi connectivity index (χ1) is 15.3. The molecule has 8 heteroatoms. The first-order valence-corrected chi connectivity index (χ1v) is 11.8. The lowest BCUT2D eigenvalue weighted by molar-refractivity contribution is -0.133. The van der Waals surface area contributed by atoms with Crippen molar-refractivity contribution in [1.82, 2.24) is 20.2 Å². The highest BCUT2D eigenvalue weighted by Crippen LogP contribution is 2.42. The van der Waals surface area contributed by atoms with Crippen LogP contribution < -0.4 is 10.2 Å². The lowest BCUT2D eigenvalue weighted by Crippen LogP contribution is -2.51. The molecule has 0 radical (unpaired) electrons. The van der Waals surface area contributed by atoms with E-state index >= 15 is 0 Å². The molecule has 0 saturated carbocycles. The van der Waals surface area contributed by atoms with Gasteiger partial charge in [0.1, 0.15) is 12.1 Å². The van der Waals surface area contributed by atoms with E-state index in [9.17, 15) is 9.90 Å². The Hall–Kier alpha value is -2.22. The molecule has 2 unspecified atom stereocenters. The van der Waals surface area contributed by atoms with E-state index in [1.165, 1.54) is 0 Å². The number of hydrogen-bond acceptors (Lipinski definition) is 6. The highest BCUT2D eigenvalue weighted by Gasteiger charge is 2.35. The number of amides is 1. The molecule has 32 heavy (non-hydrogen) atoms. The van der Waals surface area contributed by atoms with Crippen LogP contribution in [0.2, 0.25) is 5.02 Å². The molecule has 172 valence electrons. The Morgan fingerprint density at radius 1 is 1.19 bits per heavy atom.